The topological polar surface area (TPSA) is 109 Å². The highest BCUT2D eigenvalue weighted by atomic mass is 32.2. The summed E-state index contributed by atoms with van der Waals surface area (Å²) in [6.07, 6.45) is 2.32. The van der Waals surface area contributed by atoms with Crippen LogP contribution in [0.4, 0.5) is 4.39 Å². The van der Waals surface area contributed by atoms with Gasteiger partial charge in [-0.05, 0) is 44.0 Å². The minimum Gasteiger partial charge on any atom is -0.451 e. The molecule has 8 nitrogen and oxygen atoms in total. The van der Waals surface area contributed by atoms with Crippen LogP contribution in [-0.2, 0) is 10.0 Å². The van der Waals surface area contributed by atoms with E-state index >= 15 is 0 Å². The third-order valence-electron chi connectivity index (χ3n) is 5.47. The summed E-state index contributed by atoms with van der Waals surface area (Å²) < 4.78 is 46.8. The Morgan fingerprint density at radius 1 is 1.00 bits per heavy atom. The van der Waals surface area contributed by atoms with Gasteiger partial charge in [0.25, 0.3) is 5.91 Å². The zero-order valence-electron chi connectivity index (χ0n) is 17.4. The first kappa shape index (κ1) is 22.0. The first-order valence-electron chi connectivity index (χ1n) is 10.2. The standard InChI is InChI=1S/C22H22FN3O5S/c1-14-16-7-3-4-8-18(16)31-20(14)22(28)25-24-21(27)15-9-10-17(23)19(13-15)32(29,30)26-11-5-2-6-12-26/h3-4,7-10,13H,2,5-6,11-12H2,1H3,(H,24,27)(H,25,28). The van der Waals surface area contributed by atoms with E-state index < -0.39 is 32.6 Å². The number of sulfonamides is 1. The number of hydrazine groups is 1. The third-order valence-corrected chi connectivity index (χ3v) is 7.38. The molecule has 1 aliphatic rings. The van der Waals surface area contributed by atoms with E-state index in [-0.39, 0.29) is 11.3 Å². The molecule has 1 fully saturated rings. The van der Waals surface area contributed by atoms with E-state index in [1.807, 2.05) is 12.1 Å². The molecule has 1 aromatic heterocycles. The predicted molar refractivity (Wildman–Crippen MR) is 115 cm³/mol. The lowest BCUT2D eigenvalue weighted by molar-refractivity contribution is 0.0831. The molecule has 3 aromatic rings. The van der Waals surface area contributed by atoms with Crippen LogP contribution >= 0.6 is 0 Å². The second-order valence-corrected chi connectivity index (χ2v) is 9.48. The van der Waals surface area contributed by atoms with E-state index in [0.29, 0.717) is 37.1 Å². The molecule has 0 radical (unpaired) electrons. The van der Waals surface area contributed by atoms with E-state index in [0.717, 1.165) is 30.0 Å². The number of piperidine rings is 1. The van der Waals surface area contributed by atoms with Gasteiger partial charge >= 0.3 is 5.91 Å². The van der Waals surface area contributed by atoms with Crippen LogP contribution in [0.3, 0.4) is 0 Å². The Kier molecular flexibility index (Phi) is 5.98. The number of rotatable bonds is 4. The summed E-state index contributed by atoms with van der Waals surface area (Å²) in [6, 6.07) is 10.2. The maximum atomic E-state index is 14.3. The van der Waals surface area contributed by atoms with Gasteiger partial charge in [-0.15, -0.1) is 0 Å². The molecule has 168 valence electrons. The van der Waals surface area contributed by atoms with Gasteiger partial charge in [-0.25, -0.2) is 12.8 Å². The number of para-hydroxylation sites is 1. The largest absolute Gasteiger partial charge is 0.451 e. The zero-order valence-corrected chi connectivity index (χ0v) is 18.2. The predicted octanol–water partition coefficient (Wildman–Crippen LogP) is 3.13. The van der Waals surface area contributed by atoms with Gasteiger partial charge in [-0.2, -0.15) is 4.31 Å². The highest BCUT2D eigenvalue weighted by Gasteiger charge is 2.29. The van der Waals surface area contributed by atoms with Crippen LogP contribution in [-0.4, -0.2) is 37.6 Å². The van der Waals surface area contributed by atoms with Crippen molar-refractivity contribution >= 4 is 32.8 Å². The van der Waals surface area contributed by atoms with E-state index in [4.69, 9.17) is 4.42 Å². The van der Waals surface area contributed by atoms with E-state index in [9.17, 15) is 22.4 Å². The Morgan fingerprint density at radius 2 is 1.69 bits per heavy atom. The molecule has 0 bridgehead atoms. The summed E-state index contributed by atoms with van der Waals surface area (Å²) in [6.45, 7) is 2.34. The maximum absolute atomic E-state index is 14.3. The van der Waals surface area contributed by atoms with Gasteiger partial charge in [0.1, 0.15) is 16.3 Å². The van der Waals surface area contributed by atoms with Crippen molar-refractivity contribution in [2.45, 2.75) is 31.1 Å². The van der Waals surface area contributed by atoms with Crippen molar-refractivity contribution < 1.29 is 26.8 Å². The summed E-state index contributed by atoms with van der Waals surface area (Å²) in [5, 5.41) is 0.773. The van der Waals surface area contributed by atoms with Gasteiger partial charge in [-0.1, -0.05) is 24.6 Å². The smallest absolute Gasteiger partial charge is 0.305 e. The Bertz CT molecular complexity index is 1300. The zero-order chi connectivity index (χ0) is 22.9. The van der Waals surface area contributed by atoms with Crippen molar-refractivity contribution in [3.05, 3.63) is 65.2 Å². The lowest BCUT2D eigenvalue weighted by atomic mass is 10.1. The molecule has 0 aliphatic carbocycles. The van der Waals surface area contributed by atoms with Crippen LogP contribution in [0.5, 0.6) is 0 Å². The average molecular weight is 459 g/mol. The molecular formula is C22H22FN3O5S. The number of carbonyl (C=O) groups is 2. The number of nitrogens with one attached hydrogen (secondary N) is 2. The second-order valence-electron chi connectivity index (χ2n) is 7.57. The fourth-order valence-corrected chi connectivity index (χ4v) is 5.33. The van der Waals surface area contributed by atoms with Crippen LogP contribution in [0.15, 0.2) is 51.8 Å². The summed E-state index contributed by atoms with van der Waals surface area (Å²) >= 11 is 0. The SMILES string of the molecule is Cc1c(C(=O)NNC(=O)c2ccc(F)c(S(=O)(=O)N3CCCCC3)c2)oc2ccccc12. The van der Waals surface area contributed by atoms with Gasteiger partial charge in [0.05, 0.1) is 0 Å². The molecule has 1 saturated heterocycles. The van der Waals surface area contributed by atoms with Crippen molar-refractivity contribution in [1.29, 1.82) is 0 Å². The van der Waals surface area contributed by atoms with Crippen LogP contribution in [0.2, 0.25) is 0 Å². The van der Waals surface area contributed by atoms with Crippen molar-refractivity contribution in [2.75, 3.05) is 13.1 Å². The molecule has 4 rings (SSSR count). The van der Waals surface area contributed by atoms with Gasteiger partial charge in [-0.3, -0.25) is 20.4 Å². The molecule has 0 saturated carbocycles. The fourth-order valence-electron chi connectivity index (χ4n) is 3.72. The van der Waals surface area contributed by atoms with Gasteiger partial charge < -0.3 is 4.42 Å². The molecule has 0 spiro atoms. The Balaban J connectivity index is 1.50. The molecule has 0 atom stereocenters. The quantitative estimate of drug-likeness (QED) is 0.583. The first-order chi connectivity index (χ1) is 15.3. The van der Waals surface area contributed by atoms with Crippen LogP contribution < -0.4 is 10.9 Å². The van der Waals surface area contributed by atoms with Crippen LogP contribution in [0.25, 0.3) is 11.0 Å². The van der Waals surface area contributed by atoms with E-state index in [2.05, 4.69) is 10.9 Å². The molecule has 2 N–H and O–H groups in total. The number of hydrogen-bond acceptors (Lipinski definition) is 5. The molecule has 2 amide bonds. The van der Waals surface area contributed by atoms with Crippen molar-refractivity contribution in [3.8, 4) is 0 Å². The van der Waals surface area contributed by atoms with Gasteiger partial charge in [0.2, 0.25) is 10.0 Å². The molecule has 1 aliphatic heterocycles. The molecule has 2 heterocycles. The number of nitrogens with zero attached hydrogens (tertiary/aromatic N) is 1. The minimum absolute atomic E-state index is 0.0407. The summed E-state index contributed by atoms with van der Waals surface area (Å²) in [5.74, 6) is -2.36. The monoisotopic (exact) mass is 459 g/mol. The van der Waals surface area contributed by atoms with Crippen molar-refractivity contribution in [3.63, 3.8) is 0 Å². The maximum Gasteiger partial charge on any atom is 0.305 e. The van der Waals surface area contributed by atoms with Crippen molar-refractivity contribution in [1.82, 2.24) is 15.2 Å². The molecule has 10 heteroatoms. The van der Waals surface area contributed by atoms with E-state index in [1.165, 1.54) is 4.31 Å². The summed E-state index contributed by atoms with van der Waals surface area (Å²) in [5.41, 5.74) is 5.51. The second kappa shape index (κ2) is 8.71. The molecule has 32 heavy (non-hydrogen) atoms. The number of fused-ring (bicyclic) bond motifs is 1. The summed E-state index contributed by atoms with van der Waals surface area (Å²) in [7, 11) is -4.07. The lowest BCUT2D eigenvalue weighted by Gasteiger charge is -2.26. The highest BCUT2D eigenvalue weighted by molar-refractivity contribution is 7.89. The van der Waals surface area contributed by atoms with Crippen LogP contribution in [0, 0.1) is 12.7 Å². The van der Waals surface area contributed by atoms with Gasteiger partial charge in [0.15, 0.2) is 5.76 Å². The number of hydrogen-bond donors (Lipinski definition) is 2. The van der Waals surface area contributed by atoms with Crippen molar-refractivity contribution in [2.24, 2.45) is 0 Å². The number of furan rings is 1. The number of carbonyl (C=O) groups excluding carboxylic acids is 2. The normalized spacial score (nSPS) is 14.9. The minimum atomic E-state index is -4.07. The number of halogens is 1. The van der Waals surface area contributed by atoms with E-state index in [1.54, 1.807) is 19.1 Å². The molecular weight excluding hydrogens is 437 g/mol. The van der Waals surface area contributed by atoms with Gasteiger partial charge in [0, 0.05) is 29.6 Å². The fraction of sp³-hybridized carbons (Fsp3) is 0.273. The average Bonchev–Trinajstić information content (AvgIpc) is 3.14. The lowest BCUT2D eigenvalue weighted by Crippen LogP contribution is -2.42. The number of aryl methyl sites for hydroxylation is 1. The Morgan fingerprint density at radius 3 is 2.41 bits per heavy atom. The van der Waals surface area contributed by atoms with Crippen LogP contribution in [0.1, 0.15) is 45.7 Å². The summed E-state index contributed by atoms with van der Waals surface area (Å²) in [4.78, 5) is 24.4. The highest BCUT2D eigenvalue weighted by Crippen LogP contribution is 2.25. The molecule has 0 unspecified atom stereocenters. The first-order valence-corrected chi connectivity index (χ1v) is 11.6. The Labute approximate surface area is 184 Å². The molecule has 2 aromatic carbocycles. The number of amides is 2. The third kappa shape index (κ3) is 4.11. The Hall–Kier alpha value is -3.24. The number of benzene rings is 2.